The van der Waals surface area contributed by atoms with Crippen molar-refractivity contribution >= 4 is 11.9 Å². The Kier molecular flexibility index (Phi) is 5.64. The second kappa shape index (κ2) is 8.10. The molecule has 0 fully saturated rings. The van der Waals surface area contributed by atoms with Gasteiger partial charge in [0.2, 0.25) is 11.9 Å². The van der Waals surface area contributed by atoms with Crippen molar-refractivity contribution in [2.45, 2.75) is 39.7 Å². The van der Waals surface area contributed by atoms with Gasteiger partial charge >= 0.3 is 0 Å². The molecular weight excluding hydrogens is 312 g/mol. The first-order valence-electron chi connectivity index (χ1n) is 9.12. The van der Waals surface area contributed by atoms with Gasteiger partial charge in [-0.25, -0.2) is 9.97 Å². The molecule has 3 rings (SSSR count). The van der Waals surface area contributed by atoms with Crippen LogP contribution in [0.5, 0.6) is 0 Å². The molecule has 1 atom stereocenters. The molecule has 0 saturated heterocycles. The van der Waals surface area contributed by atoms with Crippen LogP contribution in [0.25, 0.3) is 0 Å². The van der Waals surface area contributed by atoms with Crippen LogP contribution < -0.4 is 10.2 Å². The van der Waals surface area contributed by atoms with Crippen molar-refractivity contribution in [3.8, 4) is 0 Å². The lowest BCUT2D eigenvalue weighted by molar-refractivity contribution is -0.125. The third-order valence-corrected chi connectivity index (χ3v) is 4.86. The topological polar surface area (TPSA) is 58.1 Å². The molecule has 1 aromatic heterocycles. The van der Waals surface area contributed by atoms with E-state index in [0.717, 1.165) is 55.1 Å². The molecule has 0 saturated carbocycles. The van der Waals surface area contributed by atoms with Gasteiger partial charge in [0.15, 0.2) is 0 Å². The van der Waals surface area contributed by atoms with Gasteiger partial charge in [-0.3, -0.25) is 4.79 Å². The molecule has 0 radical (unpaired) electrons. The smallest absolute Gasteiger partial charge is 0.225 e. The highest BCUT2D eigenvalue weighted by atomic mass is 16.1. The molecule has 0 bridgehead atoms. The van der Waals surface area contributed by atoms with Crippen LogP contribution in [-0.2, 0) is 24.2 Å². The Labute approximate surface area is 149 Å². The predicted molar refractivity (Wildman–Crippen MR) is 99.4 cm³/mol. The number of nitrogens with zero attached hydrogens (tertiary/aromatic N) is 3. The number of hydrogen-bond acceptors (Lipinski definition) is 4. The highest BCUT2D eigenvalue weighted by molar-refractivity contribution is 5.79. The average molecular weight is 338 g/mol. The van der Waals surface area contributed by atoms with E-state index >= 15 is 0 Å². The van der Waals surface area contributed by atoms with Crippen LogP contribution in [0, 0.1) is 5.92 Å². The Balaban J connectivity index is 1.62. The summed E-state index contributed by atoms with van der Waals surface area (Å²) < 4.78 is 0. The molecule has 25 heavy (non-hydrogen) atoms. The van der Waals surface area contributed by atoms with Crippen molar-refractivity contribution in [3.05, 3.63) is 53.3 Å². The number of nitrogens with one attached hydrogen (secondary N) is 1. The van der Waals surface area contributed by atoms with E-state index in [2.05, 4.69) is 29.0 Å². The Bertz CT molecular complexity index is 713. The minimum absolute atomic E-state index is 0.0131. The third kappa shape index (κ3) is 4.16. The van der Waals surface area contributed by atoms with Gasteiger partial charge in [-0.05, 0) is 44.2 Å². The minimum Gasteiger partial charge on any atom is -0.352 e. The number of rotatable bonds is 6. The van der Waals surface area contributed by atoms with Gasteiger partial charge < -0.3 is 10.2 Å². The van der Waals surface area contributed by atoms with E-state index in [0.29, 0.717) is 6.54 Å². The van der Waals surface area contributed by atoms with Crippen molar-refractivity contribution in [1.29, 1.82) is 0 Å². The fraction of sp³-hybridized carbons (Fsp3) is 0.450. The van der Waals surface area contributed by atoms with Crippen LogP contribution in [0.1, 0.15) is 37.1 Å². The quantitative estimate of drug-likeness (QED) is 0.880. The van der Waals surface area contributed by atoms with Crippen LogP contribution >= 0.6 is 0 Å². The summed E-state index contributed by atoms with van der Waals surface area (Å²) in [5.74, 6) is 0.942. The highest BCUT2D eigenvalue weighted by Crippen LogP contribution is 2.25. The summed E-state index contributed by atoms with van der Waals surface area (Å²) in [7, 11) is 0. The Hall–Kier alpha value is -2.43. The summed E-state index contributed by atoms with van der Waals surface area (Å²) in [6.45, 7) is 6.61. The Morgan fingerprint density at radius 3 is 2.72 bits per heavy atom. The van der Waals surface area contributed by atoms with Crippen LogP contribution in [0.4, 0.5) is 5.95 Å². The van der Waals surface area contributed by atoms with E-state index in [1.54, 1.807) is 0 Å². The van der Waals surface area contributed by atoms with Crippen molar-refractivity contribution in [2.75, 3.05) is 18.0 Å². The summed E-state index contributed by atoms with van der Waals surface area (Å²) in [5.41, 5.74) is 3.34. The number of hydrogen-bond donors (Lipinski definition) is 1. The third-order valence-electron chi connectivity index (χ3n) is 4.86. The Morgan fingerprint density at radius 1 is 1.24 bits per heavy atom. The summed E-state index contributed by atoms with van der Waals surface area (Å²) >= 11 is 0. The first-order valence-corrected chi connectivity index (χ1v) is 9.12. The maximum Gasteiger partial charge on any atom is 0.225 e. The number of aryl methyl sites for hydroxylation is 1. The van der Waals surface area contributed by atoms with Gasteiger partial charge in [0.05, 0.1) is 0 Å². The zero-order valence-corrected chi connectivity index (χ0v) is 15.0. The van der Waals surface area contributed by atoms with E-state index < -0.39 is 0 Å². The SMILES string of the molecule is CCN(CC)c1ncc2c(n1)CCC(C(=O)NCc1ccccc1)C2. The average Bonchev–Trinajstić information content (AvgIpc) is 2.67. The zero-order chi connectivity index (χ0) is 17.6. The van der Waals surface area contributed by atoms with Crippen molar-refractivity contribution in [3.63, 3.8) is 0 Å². The molecule has 1 aliphatic carbocycles. The number of carbonyl (C=O) groups is 1. The molecule has 1 aromatic carbocycles. The normalized spacial score (nSPS) is 16.2. The molecule has 1 unspecified atom stereocenters. The van der Waals surface area contributed by atoms with Gasteiger partial charge in [-0.2, -0.15) is 0 Å². The molecule has 2 aromatic rings. The number of amides is 1. The van der Waals surface area contributed by atoms with Crippen molar-refractivity contribution in [2.24, 2.45) is 5.92 Å². The number of benzene rings is 1. The van der Waals surface area contributed by atoms with Gasteiger partial charge in [0.1, 0.15) is 0 Å². The first kappa shape index (κ1) is 17.4. The lowest BCUT2D eigenvalue weighted by Crippen LogP contribution is -2.34. The summed E-state index contributed by atoms with van der Waals surface area (Å²) in [6, 6.07) is 10.0. The van der Waals surface area contributed by atoms with Gasteiger partial charge in [-0.1, -0.05) is 30.3 Å². The van der Waals surface area contributed by atoms with E-state index in [-0.39, 0.29) is 11.8 Å². The lowest BCUT2D eigenvalue weighted by Gasteiger charge is -2.25. The molecular formula is C20H26N4O. The number of fused-ring (bicyclic) bond motifs is 1. The largest absolute Gasteiger partial charge is 0.352 e. The number of aromatic nitrogens is 2. The number of carbonyl (C=O) groups excluding carboxylic acids is 1. The Morgan fingerprint density at radius 2 is 2.00 bits per heavy atom. The van der Waals surface area contributed by atoms with Gasteiger partial charge in [0.25, 0.3) is 0 Å². The molecule has 0 spiro atoms. The monoisotopic (exact) mass is 338 g/mol. The molecule has 5 heteroatoms. The summed E-state index contributed by atoms with van der Waals surface area (Å²) in [6.07, 6.45) is 4.33. The van der Waals surface area contributed by atoms with E-state index in [1.807, 2.05) is 36.5 Å². The van der Waals surface area contributed by atoms with E-state index in [9.17, 15) is 4.79 Å². The van der Waals surface area contributed by atoms with Crippen LogP contribution in [0.15, 0.2) is 36.5 Å². The molecule has 5 nitrogen and oxygen atoms in total. The maximum atomic E-state index is 12.5. The minimum atomic E-state index is 0.0131. The van der Waals surface area contributed by atoms with Crippen molar-refractivity contribution in [1.82, 2.24) is 15.3 Å². The number of anilines is 1. The van der Waals surface area contributed by atoms with E-state index in [4.69, 9.17) is 4.98 Å². The molecule has 1 aliphatic rings. The summed E-state index contributed by atoms with van der Waals surface area (Å²) in [5, 5.41) is 3.06. The molecule has 0 aliphatic heterocycles. The second-order valence-electron chi connectivity index (χ2n) is 6.46. The van der Waals surface area contributed by atoms with Crippen LogP contribution in [0.2, 0.25) is 0 Å². The fourth-order valence-corrected chi connectivity index (χ4v) is 3.31. The molecule has 1 N–H and O–H groups in total. The van der Waals surface area contributed by atoms with Crippen LogP contribution in [0.3, 0.4) is 0 Å². The van der Waals surface area contributed by atoms with Gasteiger partial charge in [-0.15, -0.1) is 0 Å². The maximum absolute atomic E-state index is 12.5. The first-order chi connectivity index (χ1) is 12.2. The second-order valence-corrected chi connectivity index (χ2v) is 6.46. The van der Waals surface area contributed by atoms with Crippen molar-refractivity contribution < 1.29 is 4.79 Å². The fourth-order valence-electron chi connectivity index (χ4n) is 3.31. The molecule has 132 valence electrons. The van der Waals surface area contributed by atoms with Gasteiger partial charge in [0, 0.05) is 37.4 Å². The standard InChI is InChI=1S/C20H26N4O/c1-3-24(4-2)20-22-14-17-12-16(10-11-18(17)23-20)19(25)21-13-15-8-6-5-7-9-15/h5-9,14,16H,3-4,10-13H2,1-2H3,(H,21,25). The molecule has 1 heterocycles. The van der Waals surface area contributed by atoms with Crippen LogP contribution in [-0.4, -0.2) is 29.0 Å². The highest BCUT2D eigenvalue weighted by Gasteiger charge is 2.26. The lowest BCUT2D eigenvalue weighted by atomic mass is 9.86. The zero-order valence-electron chi connectivity index (χ0n) is 15.0. The predicted octanol–water partition coefficient (Wildman–Crippen LogP) is 2.74. The molecule has 1 amide bonds. The van der Waals surface area contributed by atoms with E-state index in [1.165, 1.54) is 0 Å². The summed E-state index contributed by atoms with van der Waals surface area (Å²) in [4.78, 5) is 23.9.